The molecule has 7 nitrogen and oxygen atoms in total. The molecule has 0 radical (unpaired) electrons. The van der Waals surface area contributed by atoms with Gasteiger partial charge in [-0.15, -0.1) is 10.2 Å². The molecule has 5 rings (SSSR count). The van der Waals surface area contributed by atoms with Gasteiger partial charge in [-0.05, 0) is 64.3 Å². The first-order valence-corrected chi connectivity index (χ1v) is 9.44. The summed E-state index contributed by atoms with van der Waals surface area (Å²) in [5, 5.41) is 13.2. The number of hydrogen-bond donors (Lipinski definition) is 0. The van der Waals surface area contributed by atoms with Crippen LogP contribution < -0.4 is 0 Å². The summed E-state index contributed by atoms with van der Waals surface area (Å²) in [6, 6.07) is 4.59. The lowest BCUT2D eigenvalue weighted by molar-refractivity contribution is -0.133. The third kappa shape index (κ3) is 2.61. The van der Waals surface area contributed by atoms with Crippen molar-refractivity contribution in [3.05, 3.63) is 23.7 Å². The van der Waals surface area contributed by atoms with E-state index in [0.717, 1.165) is 56.1 Å². The molecular formula is C18H24N6O. The molecule has 0 N–H and O–H groups in total. The van der Waals surface area contributed by atoms with Gasteiger partial charge in [0.2, 0.25) is 5.91 Å². The summed E-state index contributed by atoms with van der Waals surface area (Å²) in [4.78, 5) is 17.2. The number of aromatic nitrogens is 4. The molecule has 0 aromatic carbocycles. The van der Waals surface area contributed by atoms with Crippen LogP contribution in [0.5, 0.6) is 0 Å². The van der Waals surface area contributed by atoms with E-state index in [2.05, 4.69) is 25.1 Å². The Morgan fingerprint density at radius 1 is 1.00 bits per heavy atom. The van der Waals surface area contributed by atoms with Gasteiger partial charge >= 0.3 is 0 Å². The Balaban J connectivity index is 1.28. The predicted molar refractivity (Wildman–Crippen MR) is 92.2 cm³/mol. The largest absolute Gasteiger partial charge is 0.338 e. The molecule has 1 atom stereocenters. The summed E-state index contributed by atoms with van der Waals surface area (Å²) in [7, 11) is 0. The van der Waals surface area contributed by atoms with Gasteiger partial charge in [-0.1, -0.05) is 0 Å². The molecule has 3 fully saturated rings. The molecule has 25 heavy (non-hydrogen) atoms. The lowest BCUT2D eigenvalue weighted by Gasteiger charge is -2.34. The predicted octanol–water partition coefficient (Wildman–Crippen LogP) is 1.38. The van der Waals surface area contributed by atoms with Crippen molar-refractivity contribution < 1.29 is 4.79 Å². The van der Waals surface area contributed by atoms with Crippen molar-refractivity contribution in [2.45, 2.75) is 57.0 Å². The summed E-state index contributed by atoms with van der Waals surface area (Å²) in [5.41, 5.74) is 1.79. The number of piperidine rings is 1. The zero-order chi connectivity index (χ0) is 17.0. The number of hydrogen-bond acceptors (Lipinski definition) is 5. The number of amides is 1. The molecule has 1 unspecified atom stereocenters. The van der Waals surface area contributed by atoms with Gasteiger partial charge in [-0.25, -0.2) is 0 Å². The van der Waals surface area contributed by atoms with Crippen LogP contribution in [-0.4, -0.2) is 67.2 Å². The molecule has 7 heteroatoms. The Kier molecular flexibility index (Phi) is 3.51. The molecule has 1 saturated carbocycles. The second-order valence-electron chi connectivity index (χ2n) is 7.68. The summed E-state index contributed by atoms with van der Waals surface area (Å²) in [6.07, 6.45) is 5.43. The van der Waals surface area contributed by atoms with Gasteiger partial charge in [0, 0.05) is 18.5 Å². The number of rotatable bonds is 3. The van der Waals surface area contributed by atoms with Gasteiger partial charge in [-0.2, -0.15) is 9.61 Å². The van der Waals surface area contributed by atoms with Gasteiger partial charge in [0.15, 0.2) is 11.5 Å². The standard InChI is InChI=1S/C18H24N6O/c1-12-2-5-16-19-20-17(24(16)21-12)13-6-9-22(10-7-13)15-8-11-23(18(15)25)14-3-4-14/h2,5,13-15H,3-4,6-11H2,1H3. The van der Waals surface area contributed by atoms with Crippen LogP contribution in [0.4, 0.5) is 0 Å². The van der Waals surface area contributed by atoms with Gasteiger partial charge in [0.25, 0.3) is 0 Å². The van der Waals surface area contributed by atoms with Gasteiger partial charge in [-0.3, -0.25) is 9.69 Å². The van der Waals surface area contributed by atoms with Crippen molar-refractivity contribution in [3.8, 4) is 0 Å². The van der Waals surface area contributed by atoms with E-state index in [4.69, 9.17) is 0 Å². The summed E-state index contributed by atoms with van der Waals surface area (Å²) >= 11 is 0. The van der Waals surface area contributed by atoms with Crippen LogP contribution in [0.15, 0.2) is 12.1 Å². The Labute approximate surface area is 147 Å². The second kappa shape index (κ2) is 5.76. The number of nitrogens with zero attached hydrogens (tertiary/aromatic N) is 6. The number of carbonyl (C=O) groups is 1. The zero-order valence-corrected chi connectivity index (χ0v) is 14.6. The maximum absolute atomic E-state index is 12.7. The molecule has 4 heterocycles. The first-order valence-electron chi connectivity index (χ1n) is 9.44. The molecule has 2 aliphatic heterocycles. The maximum Gasteiger partial charge on any atom is 0.240 e. The fourth-order valence-electron chi connectivity index (χ4n) is 4.39. The van der Waals surface area contributed by atoms with Crippen molar-refractivity contribution in [1.29, 1.82) is 0 Å². The average Bonchev–Trinajstić information content (AvgIpc) is 3.27. The van der Waals surface area contributed by atoms with Gasteiger partial charge < -0.3 is 4.90 Å². The highest BCUT2D eigenvalue weighted by Crippen LogP contribution is 2.34. The topological polar surface area (TPSA) is 66.6 Å². The minimum Gasteiger partial charge on any atom is -0.338 e. The average molecular weight is 340 g/mol. The van der Waals surface area contributed by atoms with Gasteiger partial charge in [0.05, 0.1) is 11.7 Å². The molecule has 2 saturated heterocycles. The number of likely N-dealkylation sites (tertiary alicyclic amines) is 2. The Hall–Kier alpha value is -2.02. The number of carbonyl (C=O) groups excluding carboxylic acids is 1. The minimum atomic E-state index is 0.108. The second-order valence-corrected chi connectivity index (χ2v) is 7.68. The molecule has 3 aliphatic rings. The molecule has 2 aromatic heterocycles. The monoisotopic (exact) mass is 340 g/mol. The maximum atomic E-state index is 12.7. The fraction of sp³-hybridized carbons (Fsp3) is 0.667. The number of fused-ring (bicyclic) bond motifs is 1. The Morgan fingerprint density at radius 2 is 1.80 bits per heavy atom. The van der Waals surface area contributed by atoms with E-state index in [-0.39, 0.29) is 6.04 Å². The highest BCUT2D eigenvalue weighted by molar-refractivity contribution is 5.84. The van der Waals surface area contributed by atoms with Crippen LogP contribution >= 0.6 is 0 Å². The molecule has 1 amide bonds. The van der Waals surface area contributed by atoms with Crippen molar-refractivity contribution in [2.24, 2.45) is 0 Å². The van der Waals surface area contributed by atoms with Crippen molar-refractivity contribution in [3.63, 3.8) is 0 Å². The van der Waals surface area contributed by atoms with Crippen LogP contribution in [0.1, 0.15) is 49.5 Å². The Bertz CT molecular complexity index is 805. The van der Waals surface area contributed by atoms with Crippen LogP contribution in [0.3, 0.4) is 0 Å². The summed E-state index contributed by atoms with van der Waals surface area (Å²) in [5.74, 6) is 1.71. The van der Waals surface area contributed by atoms with Crippen LogP contribution in [0, 0.1) is 6.92 Å². The lowest BCUT2D eigenvalue weighted by Crippen LogP contribution is -2.46. The third-order valence-corrected chi connectivity index (χ3v) is 5.95. The highest BCUT2D eigenvalue weighted by Gasteiger charge is 2.43. The first-order chi connectivity index (χ1) is 12.2. The van der Waals surface area contributed by atoms with Crippen molar-refractivity contribution in [2.75, 3.05) is 19.6 Å². The molecule has 0 bridgehead atoms. The SMILES string of the molecule is Cc1ccc2nnc(C3CCN(C4CCN(C5CC5)C4=O)CC3)n2n1. The molecule has 1 aliphatic carbocycles. The fourth-order valence-corrected chi connectivity index (χ4v) is 4.39. The smallest absolute Gasteiger partial charge is 0.240 e. The molecule has 132 valence electrons. The molecule has 2 aromatic rings. The third-order valence-electron chi connectivity index (χ3n) is 5.95. The van der Waals surface area contributed by atoms with Crippen LogP contribution in [0.2, 0.25) is 0 Å². The van der Waals surface area contributed by atoms with E-state index in [1.54, 1.807) is 0 Å². The van der Waals surface area contributed by atoms with Crippen molar-refractivity contribution >= 4 is 11.6 Å². The van der Waals surface area contributed by atoms with Gasteiger partial charge in [0.1, 0.15) is 0 Å². The molecule has 0 spiro atoms. The van der Waals surface area contributed by atoms with Crippen LogP contribution in [-0.2, 0) is 4.79 Å². The van der Waals surface area contributed by atoms with Crippen LogP contribution in [0.25, 0.3) is 5.65 Å². The van der Waals surface area contributed by atoms with E-state index in [1.165, 1.54) is 12.8 Å². The quantitative estimate of drug-likeness (QED) is 0.844. The van der Waals surface area contributed by atoms with Crippen molar-refractivity contribution in [1.82, 2.24) is 29.6 Å². The lowest BCUT2D eigenvalue weighted by atomic mass is 9.94. The van der Waals surface area contributed by atoms with E-state index >= 15 is 0 Å². The Morgan fingerprint density at radius 3 is 2.56 bits per heavy atom. The molecular weight excluding hydrogens is 316 g/mol. The van der Waals surface area contributed by atoms with E-state index in [0.29, 0.717) is 17.9 Å². The van der Waals surface area contributed by atoms with E-state index < -0.39 is 0 Å². The summed E-state index contributed by atoms with van der Waals surface area (Å²) in [6.45, 7) is 4.86. The van der Waals surface area contributed by atoms with E-state index in [1.807, 2.05) is 23.6 Å². The van der Waals surface area contributed by atoms with E-state index in [9.17, 15) is 4.79 Å². The number of aryl methyl sites for hydroxylation is 1. The first kappa shape index (κ1) is 15.3. The highest BCUT2D eigenvalue weighted by atomic mass is 16.2. The zero-order valence-electron chi connectivity index (χ0n) is 14.6. The minimum absolute atomic E-state index is 0.108. The summed E-state index contributed by atoms with van der Waals surface area (Å²) < 4.78 is 1.89. The normalized spacial score (nSPS) is 26.0.